The predicted octanol–water partition coefficient (Wildman–Crippen LogP) is 9.68. The van der Waals surface area contributed by atoms with Gasteiger partial charge in [0.1, 0.15) is 0 Å². The van der Waals surface area contributed by atoms with E-state index in [-0.39, 0.29) is 21.4 Å². The summed E-state index contributed by atoms with van der Waals surface area (Å²) in [6.45, 7) is 16.3. The number of rotatable bonds is 9. The Morgan fingerprint density at radius 1 is 0.796 bits per heavy atom. The van der Waals surface area contributed by atoms with Gasteiger partial charge in [-0.3, -0.25) is 10.1 Å². The fraction of sp³-hybridized carbons (Fsp3) is 0.378. The summed E-state index contributed by atoms with van der Waals surface area (Å²) in [7, 11) is -3.81. The third-order valence-corrected chi connectivity index (χ3v) is 13.9. The second-order valence-electron chi connectivity index (χ2n) is 15.7. The van der Waals surface area contributed by atoms with Gasteiger partial charge in [-0.25, -0.2) is 8.42 Å². The average Bonchev–Trinajstić information content (AvgIpc) is 3.54. The van der Waals surface area contributed by atoms with Crippen LogP contribution in [0, 0.1) is 10.1 Å². The maximum Gasteiger partial charge on any atom is 0.269 e. The highest BCUT2D eigenvalue weighted by atomic mass is 32.2. The molecule has 0 saturated carbocycles. The minimum absolute atomic E-state index is 0.0788. The Bertz CT molecular complexity index is 2230. The van der Waals surface area contributed by atoms with Crippen LogP contribution in [0.2, 0.25) is 0 Å². The van der Waals surface area contributed by atoms with Gasteiger partial charge in [0.15, 0.2) is 0 Å². The van der Waals surface area contributed by atoms with Crippen molar-refractivity contribution in [2.24, 2.45) is 0 Å². The third-order valence-electron chi connectivity index (χ3n) is 12.0. The Morgan fingerprint density at radius 3 is 2.13 bits per heavy atom. The predicted molar refractivity (Wildman–Crippen MR) is 219 cm³/mol. The lowest BCUT2D eigenvalue weighted by atomic mass is 9.80. The lowest BCUT2D eigenvalue weighted by Gasteiger charge is -2.39. The first-order valence-electron chi connectivity index (χ1n) is 19.3. The number of allylic oxidation sites excluding steroid dienone is 9. The largest absolute Gasteiger partial charge is 0.368 e. The standard InChI is InChI=1S/C45H52N4O4S/c1-7-36-37-16-9-10-17-38(37)44(3,4)39(36)26-20-32-14-13-15-33(21-27-42-45(5,6)40-18-11-12-19-41(40)48(42)8-2)43(32)46-28-30-47(31-29-46)54(52,53)35-24-22-34(23-25-35)49(50)51/h9-12,16-27H,7-8,13-15,28-31H2,1-6H3/b26-20+,33-21+,42-27+. The number of benzene rings is 3. The first kappa shape index (κ1) is 37.6. The van der Waals surface area contributed by atoms with E-state index in [4.69, 9.17) is 0 Å². The monoisotopic (exact) mass is 744 g/mol. The molecule has 54 heavy (non-hydrogen) atoms. The number of non-ortho nitro benzene ring substituents is 1. The quantitative estimate of drug-likeness (QED) is 0.160. The molecule has 2 aliphatic carbocycles. The van der Waals surface area contributed by atoms with E-state index < -0.39 is 14.9 Å². The fourth-order valence-corrected chi connectivity index (χ4v) is 10.6. The van der Waals surface area contributed by atoms with Crippen molar-refractivity contribution in [2.75, 3.05) is 37.6 Å². The number of anilines is 1. The maximum atomic E-state index is 13.7. The molecule has 7 rings (SSSR count). The Balaban J connectivity index is 1.26. The van der Waals surface area contributed by atoms with Gasteiger partial charge < -0.3 is 9.80 Å². The van der Waals surface area contributed by atoms with Gasteiger partial charge in [-0.2, -0.15) is 4.31 Å². The van der Waals surface area contributed by atoms with E-state index in [0.717, 1.165) is 32.2 Å². The van der Waals surface area contributed by atoms with Crippen LogP contribution in [0.4, 0.5) is 11.4 Å². The number of piperazine rings is 1. The molecule has 3 aromatic carbocycles. The van der Waals surface area contributed by atoms with Crippen molar-refractivity contribution in [3.05, 3.63) is 152 Å². The first-order chi connectivity index (χ1) is 25.8. The summed E-state index contributed by atoms with van der Waals surface area (Å²) in [6.07, 6.45) is 13.3. The first-order valence-corrected chi connectivity index (χ1v) is 20.8. The van der Waals surface area contributed by atoms with Gasteiger partial charge in [-0.1, -0.05) is 95.3 Å². The molecule has 0 aromatic heterocycles. The molecular formula is C45H52N4O4S. The Morgan fingerprint density at radius 2 is 1.46 bits per heavy atom. The Labute approximate surface area is 321 Å². The lowest BCUT2D eigenvalue weighted by molar-refractivity contribution is -0.384. The number of para-hydroxylation sites is 1. The molecule has 0 radical (unpaired) electrons. The van der Waals surface area contributed by atoms with Gasteiger partial charge >= 0.3 is 0 Å². The summed E-state index contributed by atoms with van der Waals surface area (Å²) in [4.78, 5) is 15.6. The van der Waals surface area contributed by atoms with Crippen LogP contribution in [-0.2, 0) is 20.9 Å². The minimum atomic E-state index is -3.81. The topological polar surface area (TPSA) is 87.0 Å². The SMILES string of the molecule is CCC1=C(/C=C/C2=C(N3CCN(S(=O)(=O)c4ccc([N+](=O)[O-])cc4)CC3)C(=C/C=C3/N(CC)c4ccccc4C3(C)C)/CCC2)C(C)(C)c2ccccc21. The molecule has 0 spiro atoms. The van der Waals surface area contributed by atoms with E-state index in [1.54, 1.807) is 0 Å². The van der Waals surface area contributed by atoms with E-state index in [1.165, 1.54) is 84.6 Å². The zero-order chi connectivity index (χ0) is 38.4. The van der Waals surface area contributed by atoms with Crippen LogP contribution < -0.4 is 4.90 Å². The molecule has 0 unspecified atom stereocenters. The van der Waals surface area contributed by atoms with E-state index in [2.05, 4.69) is 124 Å². The van der Waals surface area contributed by atoms with Gasteiger partial charge in [0.05, 0.1) is 9.82 Å². The second-order valence-corrected chi connectivity index (χ2v) is 17.7. The summed E-state index contributed by atoms with van der Waals surface area (Å²) in [5.41, 5.74) is 12.8. The zero-order valence-electron chi connectivity index (χ0n) is 32.4. The van der Waals surface area contributed by atoms with Crippen LogP contribution in [0.3, 0.4) is 0 Å². The van der Waals surface area contributed by atoms with Gasteiger partial charge in [-0.05, 0) is 95.9 Å². The number of nitrogens with zero attached hydrogens (tertiary/aromatic N) is 4. The molecule has 9 heteroatoms. The Hall–Kier alpha value is -4.73. The van der Waals surface area contributed by atoms with E-state index in [1.807, 2.05) is 0 Å². The summed E-state index contributed by atoms with van der Waals surface area (Å²) >= 11 is 0. The van der Waals surface area contributed by atoms with Crippen LogP contribution >= 0.6 is 0 Å². The highest BCUT2D eigenvalue weighted by Gasteiger charge is 2.39. The van der Waals surface area contributed by atoms with Crippen molar-refractivity contribution in [1.29, 1.82) is 0 Å². The molecule has 2 aliphatic heterocycles. The van der Waals surface area contributed by atoms with E-state index in [9.17, 15) is 18.5 Å². The van der Waals surface area contributed by atoms with Crippen molar-refractivity contribution < 1.29 is 13.3 Å². The molecule has 1 fully saturated rings. The molecule has 0 N–H and O–H groups in total. The number of likely N-dealkylation sites (N-methyl/N-ethyl adjacent to an activating group) is 1. The highest BCUT2D eigenvalue weighted by Crippen LogP contribution is 2.49. The number of sulfonamides is 1. The molecule has 1 saturated heterocycles. The maximum absolute atomic E-state index is 13.7. The molecule has 3 aromatic rings. The number of nitro groups is 1. The number of fused-ring (bicyclic) bond motifs is 2. The van der Waals surface area contributed by atoms with Crippen LogP contribution in [-0.4, -0.2) is 55.3 Å². The second kappa shape index (κ2) is 14.5. The molecule has 8 nitrogen and oxygen atoms in total. The highest BCUT2D eigenvalue weighted by molar-refractivity contribution is 7.89. The van der Waals surface area contributed by atoms with Crippen molar-refractivity contribution >= 4 is 27.0 Å². The summed E-state index contributed by atoms with van der Waals surface area (Å²) in [6, 6.07) is 22.7. The molecule has 2 heterocycles. The zero-order valence-corrected chi connectivity index (χ0v) is 33.2. The molecular weight excluding hydrogens is 693 g/mol. The van der Waals surface area contributed by atoms with Crippen LogP contribution in [0.5, 0.6) is 0 Å². The fourth-order valence-electron chi connectivity index (χ4n) is 9.18. The smallest absolute Gasteiger partial charge is 0.269 e. The van der Waals surface area contributed by atoms with E-state index in [0.29, 0.717) is 26.2 Å². The summed E-state index contributed by atoms with van der Waals surface area (Å²) in [5, 5.41) is 11.2. The number of hydrogen-bond donors (Lipinski definition) is 0. The number of nitro benzene ring substituents is 1. The minimum Gasteiger partial charge on any atom is -0.368 e. The van der Waals surface area contributed by atoms with E-state index >= 15 is 0 Å². The van der Waals surface area contributed by atoms with Crippen molar-refractivity contribution in [3.63, 3.8) is 0 Å². The Kier molecular flexibility index (Phi) is 10.1. The van der Waals surface area contributed by atoms with Crippen molar-refractivity contribution in [2.45, 2.75) is 83.0 Å². The van der Waals surface area contributed by atoms with Gasteiger partial charge in [0.25, 0.3) is 5.69 Å². The molecule has 282 valence electrons. The summed E-state index contributed by atoms with van der Waals surface area (Å²) in [5.74, 6) is 0. The van der Waals surface area contributed by atoms with Crippen molar-refractivity contribution in [3.8, 4) is 0 Å². The number of hydrogen-bond acceptors (Lipinski definition) is 6. The van der Waals surface area contributed by atoms with Crippen LogP contribution in [0.25, 0.3) is 5.57 Å². The molecule has 0 atom stereocenters. The van der Waals surface area contributed by atoms with Crippen LogP contribution in [0.15, 0.2) is 130 Å². The molecule has 0 amide bonds. The van der Waals surface area contributed by atoms with Crippen LogP contribution in [0.1, 0.15) is 83.9 Å². The van der Waals surface area contributed by atoms with Gasteiger partial charge in [0.2, 0.25) is 10.0 Å². The average molecular weight is 745 g/mol. The van der Waals surface area contributed by atoms with Gasteiger partial charge in [0, 0.05) is 72.8 Å². The summed E-state index contributed by atoms with van der Waals surface area (Å²) < 4.78 is 28.9. The lowest BCUT2D eigenvalue weighted by Crippen LogP contribution is -2.48. The van der Waals surface area contributed by atoms with Crippen molar-refractivity contribution in [1.82, 2.24) is 9.21 Å². The molecule has 4 aliphatic rings. The van der Waals surface area contributed by atoms with Gasteiger partial charge in [-0.15, -0.1) is 0 Å². The normalized spacial score (nSPS) is 21.4. The third kappa shape index (κ3) is 6.45. The molecule has 0 bridgehead atoms.